The molecule has 0 radical (unpaired) electrons. The van der Waals surface area contributed by atoms with Crippen LogP contribution in [0.4, 0.5) is 8.78 Å². The molecule has 0 fully saturated rings. The number of rotatable bonds is 2. The molecule has 0 aromatic heterocycles. The molecule has 0 saturated heterocycles. The first-order valence-electron chi connectivity index (χ1n) is 8.81. The predicted molar refractivity (Wildman–Crippen MR) is 110 cm³/mol. The summed E-state index contributed by atoms with van der Waals surface area (Å²) in [5.74, 6) is -2.94. The van der Waals surface area contributed by atoms with Gasteiger partial charge in [0, 0.05) is 0 Å². The molecular formula is C24H20F2O4Ti. The Kier molecular flexibility index (Phi) is 15.0. The van der Waals surface area contributed by atoms with Crippen molar-refractivity contribution in [2.75, 3.05) is 0 Å². The standard InChI is InChI=1S/2C7H5FO2.2C5H5.Ti/c2*8-6-3-1-5(2-4-6)7(9)10;2*1-2-4-5-3-1;/h2*1-4H,(H,9,10);2*1-3H,4H2;/q;;2*-1;+2. The third-order valence-corrected chi connectivity index (χ3v) is 3.35. The van der Waals surface area contributed by atoms with Gasteiger partial charge >= 0.3 is 33.7 Å². The molecule has 4 rings (SSSR count). The first-order chi connectivity index (χ1) is 14.4. The Morgan fingerprint density at radius 3 is 1.16 bits per heavy atom. The van der Waals surface area contributed by atoms with Crippen molar-refractivity contribution in [3.8, 4) is 0 Å². The summed E-state index contributed by atoms with van der Waals surface area (Å²) >= 11 is 0. The first kappa shape index (κ1) is 27.9. The predicted octanol–water partition coefficient (Wildman–Crippen LogP) is 5.66. The third-order valence-electron chi connectivity index (χ3n) is 3.35. The van der Waals surface area contributed by atoms with Crippen LogP contribution in [-0.2, 0) is 21.7 Å². The summed E-state index contributed by atoms with van der Waals surface area (Å²) in [7, 11) is 0. The van der Waals surface area contributed by atoms with Gasteiger partial charge in [0.25, 0.3) is 0 Å². The second-order valence-corrected chi connectivity index (χ2v) is 5.63. The zero-order chi connectivity index (χ0) is 22.2. The van der Waals surface area contributed by atoms with Crippen LogP contribution in [-0.4, -0.2) is 22.2 Å². The molecule has 0 amide bonds. The molecule has 31 heavy (non-hydrogen) atoms. The molecule has 0 atom stereocenters. The normalized spacial score (nSPS) is 11.7. The summed E-state index contributed by atoms with van der Waals surface area (Å²) in [6.07, 6.45) is 20.0. The van der Waals surface area contributed by atoms with Gasteiger partial charge in [-0.05, 0) is 48.5 Å². The minimum absolute atomic E-state index is 0. The molecule has 0 unspecified atom stereocenters. The maximum atomic E-state index is 12.2. The van der Waals surface area contributed by atoms with E-state index in [9.17, 15) is 18.4 Å². The molecule has 2 aliphatic carbocycles. The molecule has 0 spiro atoms. The number of carboxylic acids is 2. The van der Waals surface area contributed by atoms with Gasteiger partial charge < -0.3 is 10.2 Å². The summed E-state index contributed by atoms with van der Waals surface area (Å²) in [4.78, 5) is 20.4. The van der Waals surface area contributed by atoms with E-state index in [0.29, 0.717) is 0 Å². The Labute approximate surface area is 194 Å². The van der Waals surface area contributed by atoms with E-state index < -0.39 is 23.6 Å². The van der Waals surface area contributed by atoms with Gasteiger partial charge in [-0.2, -0.15) is 12.2 Å². The molecule has 0 saturated carbocycles. The van der Waals surface area contributed by atoms with Crippen molar-refractivity contribution in [2.45, 2.75) is 12.8 Å². The molecule has 0 aliphatic heterocycles. The van der Waals surface area contributed by atoms with Crippen LogP contribution in [0.5, 0.6) is 0 Å². The number of halogens is 2. The van der Waals surface area contributed by atoms with Crippen molar-refractivity contribution in [2.24, 2.45) is 0 Å². The van der Waals surface area contributed by atoms with E-state index >= 15 is 0 Å². The van der Waals surface area contributed by atoms with Crippen molar-refractivity contribution < 1.29 is 50.3 Å². The Morgan fingerprint density at radius 2 is 1.00 bits per heavy atom. The Bertz CT molecular complexity index is 818. The molecule has 2 aromatic rings. The van der Waals surface area contributed by atoms with Crippen LogP contribution in [0.1, 0.15) is 33.6 Å². The van der Waals surface area contributed by atoms with Gasteiger partial charge in [-0.15, -0.1) is 12.8 Å². The van der Waals surface area contributed by atoms with Crippen molar-refractivity contribution >= 4 is 11.9 Å². The molecular weight excluding hydrogens is 438 g/mol. The van der Waals surface area contributed by atoms with Crippen LogP contribution in [0.2, 0.25) is 0 Å². The second kappa shape index (κ2) is 16.7. The Hall–Kier alpha value is -3.09. The van der Waals surface area contributed by atoms with Gasteiger partial charge in [-0.25, -0.2) is 42.7 Å². The van der Waals surface area contributed by atoms with Gasteiger partial charge in [0.15, 0.2) is 0 Å². The number of carboxylic acid groups (broad SMARTS) is 2. The van der Waals surface area contributed by atoms with Crippen molar-refractivity contribution in [3.05, 3.63) is 120 Å². The van der Waals surface area contributed by atoms with Crippen molar-refractivity contribution in [3.63, 3.8) is 0 Å². The van der Waals surface area contributed by atoms with Gasteiger partial charge in [-0.3, -0.25) is 12.2 Å². The zero-order valence-electron chi connectivity index (χ0n) is 16.5. The number of allylic oxidation sites excluding steroid dienone is 8. The molecule has 2 aromatic carbocycles. The van der Waals surface area contributed by atoms with Crippen LogP contribution in [0.3, 0.4) is 0 Å². The number of benzene rings is 2. The molecule has 158 valence electrons. The van der Waals surface area contributed by atoms with Gasteiger partial charge in [0.2, 0.25) is 0 Å². The maximum absolute atomic E-state index is 12.2. The fourth-order valence-corrected chi connectivity index (χ4v) is 1.87. The number of carbonyl (C=O) groups is 2. The summed E-state index contributed by atoms with van der Waals surface area (Å²) in [5.41, 5.74) is 0.197. The number of hydrogen-bond donors (Lipinski definition) is 2. The summed E-state index contributed by atoms with van der Waals surface area (Å²) in [6, 6.07) is 9.34. The van der Waals surface area contributed by atoms with Crippen LogP contribution in [0.25, 0.3) is 0 Å². The van der Waals surface area contributed by atoms with E-state index in [1.165, 1.54) is 24.3 Å². The maximum Gasteiger partial charge on any atom is 2.00 e. The van der Waals surface area contributed by atoms with E-state index in [2.05, 4.69) is 24.3 Å². The smallest absolute Gasteiger partial charge is 0.478 e. The van der Waals surface area contributed by atoms with E-state index in [1.54, 1.807) is 0 Å². The Balaban J connectivity index is 0.000000401. The quantitative estimate of drug-likeness (QED) is 0.450. The van der Waals surface area contributed by atoms with E-state index in [4.69, 9.17) is 10.2 Å². The molecule has 0 bridgehead atoms. The molecule has 2 aliphatic rings. The van der Waals surface area contributed by atoms with Crippen molar-refractivity contribution in [1.82, 2.24) is 0 Å². The minimum Gasteiger partial charge on any atom is -0.478 e. The average Bonchev–Trinajstić information content (AvgIpc) is 3.48. The Morgan fingerprint density at radius 1 is 0.677 bits per heavy atom. The third kappa shape index (κ3) is 13.7. The zero-order valence-corrected chi connectivity index (χ0v) is 18.0. The number of aromatic carboxylic acids is 2. The SMILES string of the molecule is O=C(O)c1ccc(F)cc1.O=C(O)c1ccc(F)cc1.[C-]1=CC=CC1.[C-]1=CC=CC1.[Ti+2]. The van der Waals surface area contributed by atoms with Crippen LogP contribution in [0, 0.1) is 23.8 Å². The fraction of sp³-hybridized carbons (Fsp3) is 0.0833. The van der Waals surface area contributed by atoms with E-state index in [0.717, 1.165) is 37.1 Å². The molecule has 2 N–H and O–H groups in total. The summed E-state index contributed by atoms with van der Waals surface area (Å²) in [5, 5.41) is 16.7. The van der Waals surface area contributed by atoms with E-state index in [1.807, 2.05) is 24.3 Å². The van der Waals surface area contributed by atoms with Crippen LogP contribution >= 0.6 is 0 Å². The first-order valence-corrected chi connectivity index (χ1v) is 8.81. The van der Waals surface area contributed by atoms with E-state index in [-0.39, 0.29) is 32.8 Å². The molecule has 7 heteroatoms. The molecule has 4 nitrogen and oxygen atoms in total. The topological polar surface area (TPSA) is 74.6 Å². The van der Waals surface area contributed by atoms with Gasteiger partial charge in [-0.1, -0.05) is 0 Å². The second-order valence-electron chi connectivity index (χ2n) is 5.63. The number of hydrogen-bond acceptors (Lipinski definition) is 2. The fourth-order valence-electron chi connectivity index (χ4n) is 1.87. The monoisotopic (exact) mass is 458 g/mol. The summed E-state index contributed by atoms with van der Waals surface area (Å²) < 4.78 is 24.3. The minimum atomic E-state index is -1.04. The van der Waals surface area contributed by atoms with Gasteiger partial charge in [0.1, 0.15) is 11.6 Å². The van der Waals surface area contributed by atoms with Crippen LogP contribution in [0.15, 0.2) is 85.0 Å². The molecule has 0 heterocycles. The largest absolute Gasteiger partial charge is 2.00 e. The van der Waals surface area contributed by atoms with Gasteiger partial charge in [0.05, 0.1) is 11.1 Å². The van der Waals surface area contributed by atoms with Crippen LogP contribution < -0.4 is 0 Å². The van der Waals surface area contributed by atoms with Crippen molar-refractivity contribution in [1.29, 1.82) is 0 Å². The summed E-state index contributed by atoms with van der Waals surface area (Å²) in [6.45, 7) is 0. The average molecular weight is 458 g/mol.